The molecule has 2 amide bonds. The van der Waals surface area contributed by atoms with Crippen molar-refractivity contribution < 1.29 is 18.4 Å². The van der Waals surface area contributed by atoms with Crippen LogP contribution in [0.15, 0.2) is 24.3 Å². The zero-order valence-electron chi connectivity index (χ0n) is 14.8. The molecular formula is C18H22F2N4O2. The van der Waals surface area contributed by atoms with Crippen LogP contribution in [0.2, 0.25) is 0 Å². The van der Waals surface area contributed by atoms with Crippen molar-refractivity contribution in [3.63, 3.8) is 0 Å². The molecule has 1 aromatic rings. The lowest BCUT2D eigenvalue weighted by Crippen LogP contribution is -2.53. The Balaban J connectivity index is 1.85. The number of nitrogens with one attached hydrogen (secondary N) is 2. The fraction of sp³-hybridized carbons (Fsp3) is 0.500. The van der Waals surface area contributed by atoms with E-state index in [9.17, 15) is 18.4 Å². The molecule has 0 radical (unpaired) electrons. The number of nitriles is 1. The monoisotopic (exact) mass is 364 g/mol. The molecule has 1 saturated heterocycles. The molecule has 8 heteroatoms. The minimum atomic E-state index is -1.18. The molecule has 140 valence electrons. The van der Waals surface area contributed by atoms with Gasteiger partial charge in [0.05, 0.1) is 24.7 Å². The average molecular weight is 364 g/mol. The molecule has 1 aliphatic heterocycles. The number of nitrogens with zero attached hydrogens (tertiary/aromatic N) is 2. The molecule has 26 heavy (non-hydrogen) atoms. The summed E-state index contributed by atoms with van der Waals surface area (Å²) in [5.41, 5.74) is -0.713. The molecular weight excluding hydrogens is 342 g/mol. The van der Waals surface area contributed by atoms with Gasteiger partial charge in [0.15, 0.2) is 0 Å². The summed E-state index contributed by atoms with van der Waals surface area (Å²) in [6, 6.07) is 6.84. The number of alkyl halides is 1. The lowest BCUT2D eigenvalue weighted by Gasteiger charge is -2.28. The number of carbonyl (C=O) groups is 2. The first-order valence-electron chi connectivity index (χ1n) is 8.34. The molecule has 1 fully saturated rings. The smallest absolute Gasteiger partial charge is 0.254 e. The van der Waals surface area contributed by atoms with E-state index in [-0.39, 0.29) is 37.5 Å². The van der Waals surface area contributed by atoms with Crippen molar-refractivity contribution in [1.82, 2.24) is 15.5 Å². The molecule has 1 aromatic carbocycles. The highest BCUT2D eigenvalue weighted by molar-refractivity contribution is 5.94. The molecule has 0 bridgehead atoms. The number of halogens is 2. The molecule has 0 spiro atoms. The highest BCUT2D eigenvalue weighted by Crippen LogP contribution is 2.19. The minimum absolute atomic E-state index is 0.0321. The number of benzene rings is 1. The van der Waals surface area contributed by atoms with Crippen molar-refractivity contribution in [2.45, 2.75) is 38.0 Å². The Morgan fingerprint density at radius 1 is 1.38 bits per heavy atom. The number of hydrogen-bond donors (Lipinski definition) is 2. The van der Waals surface area contributed by atoms with Gasteiger partial charge in [-0.2, -0.15) is 5.26 Å². The zero-order valence-corrected chi connectivity index (χ0v) is 14.8. The zero-order chi connectivity index (χ0) is 19.3. The van der Waals surface area contributed by atoms with Gasteiger partial charge in [-0.25, -0.2) is 8.78 Å². The van der Waals surface area contributed by atoms with Crippen molar-refractivity contribution in [2.24, 2.45) is 0 Å². The summed E-state index contributed by atoms with van der Waals surface area (Å²) in [6.45, 7) is 3.52. The predicted molar refractivity (Wildman–Crippen MR) is 91.4 cm³/mol. The topological polar surface area (TPSA) is 85.2 Å². The Morgan fingerprint density at radius 3 is 2.73 bits per heavy atom. The van der Waals surface area contributed by atoms with E-state index in [0.29, 0.717) is 0 Å². The molecule has 2 N–H and O–H groups in total. The van der Waals surface area contributed by atoms with Crippen LogP contribution in [-0.4, -0.2) is 54.1 Å². The molecule has 2 rings (SSSR count). The number of likely N-dealkylation sites (tertiary alicyclic amines) is 1. The minimum Gasteiger partial charge on any atom is -0.350 e. The molecule has 0 unspecified atom stereocenters. The van der Waals surface area contributed by atoms with Gasteiger partial charge in [-0.3, -0.25) is 9.59 Å². The van der Waals surface area contributed by atoms with Crippen molar-refractivity contribution in [3.05, 3.63) is 35.6 Å². The molecule has 0 saturated carbocycles. The summed E-state index contributed by atoms with van der Waals surface area (Å²) in [5, 5.41) is 14.6. The van der Waals surface area contributed by atoms with Gasteiger partial charge in [0.1, 0.15) is 18.0 Å². The quantitative estimate of drug-likeness (QED) is 0.799. The molecule has 6 nitrogen and oxygen atoms in total. The summed E-state index contributed by atoms with van der Waals surface area (Å²) < 4.78 is 27.0. The summed E-state index contributed by atoms with van der Waals surface area (Å²) in [5.74, 6) is -1.53. The highest BCUT2D eigenvalue weighted by atomic mass is 19.1. The SMILES string of the molecule is CC(C)(CNC(=O)c1ccccc1F)NCC(=O)N1C[C@@H](F)C[C@H]1C#N. The second-order valence-electron chi connectivity index (χ2n) is 6.92. The predicted octanol–water partition coefficient (Wildman–Crippen LogP) is 1.39. The average Bonchev–Trinajstić information content (AvgIpc) is 2.99. The van der Waals surface area contributed by atoms with Gasteiger partial charge in [-0.05, 0) is 26.0 Å². The van der Waals surface area contributed by atoms with Crippen molar-refractivity contribution >= 4 is 11.8 Å². The second-order valence-corrected chi connectivity index (χ2v) is 6.92. The third kappa shape index (κ3) is 4.99. The molecule has 1 heterocycles. The second kappa shape index (κ2) is 8.23. The maximum Gasteiger partial charge on any atom is 0.254 e. The van der Waals surface area contributed by atoms with Crippen LogP contribution < -0.4 is 10.6 Å². The largest absolute Gasteiger partial charge is 0.350 e. The van der Waals surface area contributed by atoms with Gasteiger partial charge in [-0.1, -0.05) is 12.1 Å². The lowest BCUT2D eigenvalue weighted by molar-refractivity contribution is -0.130. The van der Waals surface area contributed by atoms with E-state index in [1.807, 2.05) is 6.07 Å². The van der Waals surface area contributed by atoms with E-state index in [1.54, 1.807) is 19.9 Å². The van der Waals surface area contributed by atoms with Crippen LogP contribution in [-0.2, 0) is 4.79 Å². The van der Waals surface area contributed by atoms with Crippen LogP contribution in [0.25, 0.3) is 0 Å². The first-order chi connectivity index (χ1) is 12.2. The van der Waals surface area contributed by atoms with Crippen LogP contribution in [0.3, 0.4) is 0 Å². The first-order valence-corrected chi connectivity index (χ1v) is 8.34. The Bertz CT molecular complexity index is 717. The van der Waals surface area contributed by atoms with Crippen LogP contribution in [0, 0.1) is 17.1 Å². The van der Waals surface area contributed by atoms with E-state index in [4.69, 9.17) is 5.26 Å². The van der Waals surface area contributed by atoms with Crippen molar-refractivity contribution in [2.75, 3.05) is 19.6 Å². The number of hydrogen-bond acceptors (Lipinski definition) is 4. The standard InChI is InChI=1S/C18H22F2N4O2/c1-18(2,11-22-17(26)14-5-3-4-6-15(14)20)23-9-16(25)24-10-12(19)7-13(24)8-21/h3-6,12-13,23H,7,9-11H2,1-2H3,(H,22,26)/t12-,13-/m0/s1. The maximum absolute atomic E-state index is 13.6. The number of rotatable bonds is 6. The fourth-order valence-corrected chi connectivity index (χ4v) is 2.70. The van der Waals surface area contributed by atoms with Gasteiger partial charge in [-0.15, -0.1) is 0 Å². The maximum atomic E-state index is 13.6. The fourth-order valence-electron chi connectivity index (χ4n) is 2.70. The van der Waals surface area contributed by atoms with E-state index >= 15 is 0 Å². The van der Waals surface area contributed by atoms with Gasteiger partial charge < -0.3 is 15.5 Å². The number of amides is 2. The van der Waals surface area contributed by atoms with Crippen LogP contribution in [0.1, 0.15) is 30.6 Å². The summed E-state index contributed by atoms with van der Waals surface area (Å²) >= 11 is 0. The van der Waals surface area contributed by atoms with Crippen LogP contribution in [0.5, 0.6) is 0 Å². The van der Waals surface area contributed by atoms with E-state index in [1.165, 1.54) is 23.1 Å². The van der Waals surface area contributed by atoms with E-state index < -0.39 is 29.5 Å². The highest BCUT2D eigenvalue weighted by Gasteiger charge is 2.35. The summed E-state index contributed by atoms with van der Waals surface area (Å²) in [6.07, 6.45) is -1.15. The van der Waals surface area contributed by atoms with E-state index in [2.05, 4.69) is 10.6 Å². The third-order valence-electron chi connectivity index (χ3n) is 4.25. The molecule has 2 atom stereocenters. The van der Waals surface area contributed by atoms with Crippen molar-refractivity contribution in [3.8, 4) is 6.07 Å². The molecule has 0 aliphatic carbocycles. The van der Waals surface area contributed by atoms with Gasteiger partial charge in [0.25, 0.3) is 5.91 Å². The normalized spacial score (nSPS) is 19.9. The molecule has 0 aromatic heterocycles. The van der Waals surface area contributed by atoms with Gasteiger partial charge in [0, 0.05) is 18.5 Å². The van der Waals surface area contributed by atoms with E-state index in [0.717, 1.165) is 0 Å². The summed E-state index contributed by atoms with van der Waals surface area (Å²) in [4.78, 5) is 25.5. The van der Waals surface area contributed by atoms with Gasteiger partial charge >= 0.3 is 0 Å². The number of carbonyl (C=O) groups excluding carboxylic acids is 2. The Kier molecular flexibility index (Phi) is 6.27. The van der Waals surface area contributed by atoms with Crippen LogP contribution in [0.4, 0.5) is 8.78 Å². The first kappa shape index (κ1) is 19.8. The lowest BCUT2D eigenvalue weighted by atomic mass is 10.1. The van der Waals surface area contributed by atoms with Gasteiger partial charge in [0.2, 0.25) is 5.91 Å². The molecule has 1 aliphatic rings. The third-order valence-corrected chi connectivity index (χ3v) is 4.25. The Labute approximate surface area is 151 Å². The Morgan fingerprint density at radius 2 is 2.08 bits per heavy atom. The van der Waals surface area contributed by atoms with Crippen molar-refractivity contribution in [1.29, 1.82) is 5.26 Å². The summed E-state index contributed by atoms with van der Waals surface area (Å²) in [7, 11) is 0. The van der Waals surface area contributed by atoms with Crippen LogP contribution >= 0.6 is 0 Å². The Hall–Kier alpha value is -2.53.